The first-order valence-corrected chi connectivity index (χ1v) is 6.81. The van der Waals surface area contributed by atoms with Crippen molar-refractivity contribution in [3.05, 3.63) is 58.6 Å². The number of hydrogen-bond acceptors (Lipinski definition) is 1. The molecule has 0 amide bonds. The SMILES string of the molecule is CCC(N)Cc1cccn1Cc1ccc(Cl)c(F)c1. The van der Waals surface area contributed by atoms with Gasteiger partial charge in [-0.05, 0) is 36.2 Å². The fraction of sp³-hybridized carbons (Fsp3) is 0.333. The molecule has 2 N–H and O–H groups in total. The quantitative estimate of drug-likeness (QED) is 0.891. The van der Waals surface area contributed by atoms with Gasteiger partial charge in [-0.2, -0.15) is 0 Å². The smallest absolute Gasteiger partial charge is 0.142 e. The first-order valence-electron chi connectivity index (χ1n) is 6.43. The number of rotatable bonds is 5. The monoisotopic (exact) mass is 280 g/mol. The minimum absolute atomic E-state index is 0.157. The van der Waals surface area contributed by atoms with E-state index in [0.29, 0.717) is 6.54 Å². The summed E-state index contributed by atoms with van der Waals surface area (Å²) in [5.74, 6) is -0.377. The number of nitrogens with two attached hydrogens (primary N) is 1. The number of benzene rings is 1. The van der Waals surface area contributed by atoms with E-state index in [2.05, 4.69) is 17.6 Å². The van der Waals surface area contributed by atoms with Crippen LogP contribution < -0.4 is 5.73 Å². The van der Waals surface area contributed by atoms with Gasteiger partial charge in [-0.15, -0.1) is 0 Å². The highest BCUT2D eigenvalue weighted by Crippen LogP contribution is 2.17. The fourth-order valence-corrected chi connectivity index (χ4v) is 2.15. The molecule has 0 bridgehead atoms. The molecule has 0 aliphatic heterocycles. The van der Waals surface area contributed by atoms with E-state index in [9.17, 15) is 4.39 Å². The molecule has 19 heavy (non-hydrogen) atoms. The number of hydrogen-bond donors (Lipinski definition) is 1. The maximum atomic E-state index is 13.4. The van der Waals surface area contributed by atoms with Crippen LogP contribution in [-0.2, 0) is 13.0 Å². The summed E-state index contributed by atoms with van der Waals surface area (Å²) in [5.41, 5.74) is 8.04. The van der Waals surface area contributed by atoms with Gasteiger partial charge in [0, 0.05) is 30.9 Å². The minimum atomic E-state index is -0.377. The van der Waals surface area contributed by atoms with E-state index in [0.717, 1.165) is 18.4 Å². The highest BCUT2D eigenvalue weighted by molar-refractivity contribution is 6.30. The number of nitrogens with zero attached hydrogens (tertiary/aromatic N) is 1. The molecular weight excluding hydrogens is 263 g/mol. The summed E-state index contributed by atoms with van der Waals surface area (Å²) in [5, 5.41) is 0.157. The maximum absolute atomic E-state index is 13.4. The van der Waals surface area contributed by atoms with Crippen LogP contribution in [0.15, 0.2) is 36.5 Å². The Morgan fingerprint density at radius 2 is 2.16 bits per heavy atom. The van der Waals surface area contributed by atoms with Crippen molar-refractivity contribution in [2.24, 2.45) is 5.73 Å². The van der Waals surface area contributed by atoms with Crippen molar-refractivity contribution in [3.8, 4) is 0 Å². The van der Waals surface area contributed by atoms with Crippen LogP contribution >= 0.6 is 11.6 Å². The fourth-order valence-electron chi connectivity index (χ4n) is 2.04. The lowest BCUT2D eigenvalue weighted by atomic mass is 10.1. The Kier molecular flexibility index (Phi) is 4.61. The molecule has 0 saturated heterocycles. The van der Waals surface area contributed by atoms with Gasteiger partial charge in [-0.1, -0.05) is 24.6 Å². The Bertz CT molecular complexity index is 551. The standard InChI is InChI=1S/C15H18ClFN2/c1-2-12(18)9-13-4-3-7-19(13)10-11-5-6-14(16)15(17)8-11/h3-8,12H,2,9-10,18H2,1H3. The van der Waals surface area contributed by atoms with E-state index >= 15 is 0 Å². The highest BCUT2D eigenvalue weighted by atomic mass is 35.5. The zero-order valence-electron chi connectivity index (χ0n) is 10.9. The average molecular weight is 281 g/mol. The molecular formula is C15H18ClFN2. The Labute approximate surface area is 118 Å². The summed E-state index contributed by atoms with van der Waals surface area (Å²) in [6.45, 7) is 2.71. The molecule has 1 atom stereocenters. The van der Waals surface area contributed by atoms with Crippen molar-refractivity contribution in [1.82, 2.24) is 4.57 Å². The third-order valence-electron chi connectivity index (χ3n) is 3.26. The lowest BCUT2D eigenvalue weighted by Crippen LogP contribution is -2.23. The number of halogens is 2. The van der Waals surface area contributed by atoms with E-state index in [1.807, 2.05) is 18.3 Å². The molecule has 4 heteroatoms. The highest BCUT2D eigenvalue weighted by Gasteiger charge is 2.07. The summed E-state index contributed by atoms with van der Waals surface area (Å²) in [6, 6.07) is 9.12. The molecule has 0 aliphatic rings. The van der Waals surface area contributed by atoms with Crippen LogP contribution in [0.1, 0.15) is 24.6 Å². The van der Waals surface area contributed by atoms with E-state index in [1.165, 1.54) is 11.8 Å². The van der Waals surface area contributed by atoms with Gasteiger partial charge in [0.15, 0.2) is 0 Å². The molecule has 102 valence electrons. The predicted octanol–water partition coefficient (Wildman–Crippen LogP) is 3.61. The van der Waals surface area contributed by atoms with Gasteiger partial charge in [0.25, 0.3) is 0 Å². The van der Waals surface area contributed by atoms with Gasteiger partial charge < -0.3 is 10.3 Å². The molecule has 1 aromatic carbocycles. The van der Waals surface area contributed by atoms with Crippen molar-refractivity contribution in [1.29, 1.82) is 0 Å². The Morgan fingerprint density at radius 1 is 1.37 bits per heavy atom. The van der Waals surface area contributed by atoms with Crippen molar-refractivity contribution < 1.29 is 4.39 Å². The largest absolute Gasteiger partial charge is 0.347 e. The van der Waals surface area contributed by atoms with Crippen molar-refractivity contribution in [2.45, 2.75) is 32.4 Å². The van der Waals surface area contributed by atoms with Crippen LogP contribution in [0.3, 0.4) is 0 Å². The lowest BCUT2D eigenvalue weighted by molar-refractivity contribution is 0.605. The second-order valence-corrected chi connectivity index (χ2v) is 5.16. The second-order valence-electron chi connectivity index (χ2n) is 4.75. The normalized spacial score (nSPS) is 12.6. The summed E-state index contributed by atoms with van der Waals surface area (Å²) < 4.78 is 15.5. The van der Waals surface area contributed by atoms with Gasteiger partial charge in [0.05, 0.1) is 5.02 Å². The molecule has 2 aromatic rings. The maximum Gasteiger partial charge on any atom is 0.142 e. The lowest BCUT2D eigenvalue weighted by Gasteiger charge is -2.13. The summed E-state index contributed by atoms with van der Waals surface area (Å²) in [4.78, 5) is 0. The molecule has 1 heterocycles. The van der Waals surface area contributed by atoms with Crippen LogP contribution in [-0.4, -0.2) is 10.6 Å². The number of aromatic nitrogens is 1. The topological polar surface area (TPSA) is 30.9 Å². The second kappa shape index (κ2) is 6.22. The molecule has 2 rings (SSSR count). The van der Waals surface area contributed by atoms with Crippen LogP contribution in [0.25, 0.3) is 0 Å². The van der Waals surface area contributed by atoms with Crippen molar-refractivity contribution in [2.75, 3.05) is 0 Å². The Morgan fingerprint density at radius 3 is 2.84 bits per heavy atom. The van der Waals surface area contributed by atoms with Gasteiger partial charge >= 0.3 is 0 Å². The van der Waals surface area contributed by atoms with Gasteiger partial charge in [-0.25, -0.2) is 4.39 Å². The molecule has 0 radical (unpaired) electrons. The first kappa shape index (κ1) is 14.1. The van der Waals surface area contributed by atoms with Crippen LogP contribution in [0, 0.1) is 5.82 Å². The molecule has 1 aromatic heterocycles. The molecule has 0 saturated carbocycles. The molecule has 2 nitrogen and oxygen atoms in total. The summed E-state index contributed by atoms with van der Waals surface area (Å²) >= 11 is 5.68. The third kappa shape index (κ3) is 3.58. The summed E-state index contributed by atoms with van der Waals surface area (Å²) in [6.07, 6.45) is 3.77. The van der Waals surface area contributed by atoms with Crippen molar-refractivity contribution in [3.63, 3.8) is 0 Å². The Hall–Kier alpha value is -1.32. The first-order chi connectivity index (χ1) is 9.10. The molecule has 0 spiro atoms. The molecule has 1 unspecified atom stereocenters. The zero-order chi connectivity index (χ0) is 13.8. The van der Waals surface area contributed by atoms with Crippen molar-refractivity contribution >= 4 is 11.6 Å². The average Bonchev–Trinajstić information content (AvgIpc) is 2.81. The van der Waals surface area contributed by atoms with Gasteiger partial charge in [-0.3, -0.25) is 0 Å². The summed E-state index contributed by atoms with van der Waals surface area (Å²) in [7, 11) is 0. The van der Waals surface area contributed by atoms with Gasteiger partial charge in [0.1, 0.15) is 5.82 Å². The van der Waals surface area contributed by atoms with Crippen LogP contribution in [0.5, 0.6) is 0 Å². The Balaban J connectivity index is 2.14. The molecule has 0 fully saturated rings. The van der Waals surface area contributed by atoms with E-state index in [-0.39, 0.29) is 16.9 Å². The zero-order valence-corrected chi connectivity index (χ0v) is 11.7. The predicted molar refractivity (Wildman–Crippen MR) is 76.9 cm³/mol. The third-order valence-corrected chi connectivity index (χ3v) is 3.56. The van der Waals surface area contributed by atoms with Crippen LogP contribution in [0.4, 0.5) is 4.39 Å². The van der Waals surface area contributed by atoms with Crippen LogP contribution in [0.2, 0.25) is 5.02 Å². The van der Waals surface area contributed by atoms with E-state index in [4.69, 9.17) is 17.3 Å². The van der Waals surface area contributed by atoms with E-state index in [1.54, 1.807) is 6.07 Å². The minimum Gasteiger partial charge on any atom is -0.347 e. The molecule has 0 aliphatic carbocycles. The van der Waals surface area contributed by atoms with Gasteiger partial charge in [0.2, 0.25) is 0 Å². The van der Waals surface area contributed by atoms with E-state index < -0.39 is 0 Å².